The fourth-order valence-corrected chi connectivity index (χ4v) is 1.66. The second kappa shape index (κ2) is 6.32. The van der Waals surface area contributed by atoms with Gasteiger partial charge in [0.05, 0.1) is 0 Å². The number of carboxylic acids is 1. The zero-order valence-electron chi connectivity index (χ0n) is 9.43. The molecule has 0 bridgehead atoms. The summed E-state index contributed by atoms with van der Waals surface area (Å²) in [5.41, 5.74) is 11.2. The van der Waals surface area contributed by atoms with Crippen molar-refractivity contribution in [3.8, 4) is 0 Å². The fraction of sp³-hybridized carbons (Fsp3) is 0.800. The van der Waals surface area contributed by atoms with Crippen LogP contribution in [-0.2, 0) is 4.79 Å². The molecule has 1 saturated heterocycles. The summed E-state index contributed by atoms with van der Waals surface area (Å²) in [6.45, 7) is 2.26. The van der Waals surface area contributed by atoms with Crippen LogP contribution in [0.25, 0.3) is 0 Å². The summed E-state index contributed by atoms with van der Waals surface area (Å²) < 4.78 is 0. The number of aliphatic carboxylic acids is 1. The molecule has 0 unspecified atom stereocenters. The Hall–Kier alpha value is -1.30. The molecule has 0 aromatic heterocycles. The first kappa shape index (κ1) is 12.8. The minimum Gasteiger partial charge on any atom is -0.480 e. The number of piperidine rings is 1. The summed E-state index contributed by atoms with van der Waals surface area (Å²) in [6.07, 6.45) is 3.85. The van der Waals surface area contributed by atoms with Gasteiger partial charge in [0.15, 0.2) is 5.96 Å². The van der Waals surface area contributed by atoms with E-state index < -0.39 is 12.0 Å². The van der Waals surface area contributed by atoms with Gasteiger partial charge in [-0.2, -0.15) is 0 Å². The van der Waals surface area contributed by atoms with E-state index in [0.29, 0.717) is 18.9 Å². The minimum atomic E-state index is -0.994. The van der Waals surface area contributed by atoms with Gasteiger partial charge in [-0.25, -0.2) is 0 Å². The fourth-order valence-electron chi connectivity index (χ4n) is 1.66. The lowest BCUT2D eigenvalue weighted by molar-refractivity contribution is -0.138. The van der Waals surface area contributed by atoms with Crippen LogP contribution in [0.15, 0.2) is 4.99 Å². The van der Waals surface area contributed by atoms with Crippen LogP contribution in [0.4, 0.5) is 0 Å². The molecular weight excluding hydrogens is 208 g/mol. The predicted molar refractivity (Wildman–Crippen MR) is 62.1 cm³/mol. The Bertz CT molecular complexity index is 262. The molecule has 1 aliphatic heterocycles. The summed E-state index contributed by atoms with van der Waals surface area (Å²) >= 11 is 0. The first-order valence-electron chi connectivity index (χ1n) is 5.64. The van der Waals surface area contributed by atoms with Gasteiger partial charge >= 0.3 is 5.97 Å². The van der Waals surface area contributed by atoms with E-state index >= 15 is 0 Å². The topological polar surface area (TPSA) is 105 Å². The SMILES string of the molecule is NC(=NCC[C@H](N)C(=O)O)N1CCCCC1. The van der Waals surface area contributed by atoms with Gasteiger partial charge in [-0.1, -0.05) is 0 Å². The Labute approximate surface area is 95.3 Å². The van der Waals surface area contributed by atoms with Crippen LogP contribution in [0, 0.1) is 0 Å². The molecule has 1 heterocycles. The van der Waals surface area contributed by atoms with E-state index in [9.17, 15) is 4.79 Å². The molecule has 16 heavy (non-hydrogen) atoms. The molecule has 0 radical (unpaired) electrons. The van der Waals surface area contributed by atoms with Crippen LogP contribution in [0.1, 0.15) is 25.7 Å². The lowest BCUT2D eigenvalue weighted by Gasteiger charge is -2.27. The molecule has 92 valence electrons. The first-order valence-corrected chi connectivity index (χ1v) is 5.64. The Morgan fingerprint density at radius 3 is 2.56 bits per heavy atom. The van der Waals surface area contributed by atoms with E-state index in [-0.39, 0.29) is 0 Å². The summed E-state index contributed by atoms with van der Waals surface area (Å²) in [4.78, 5) is 16.6. The molecule has 1 rings (SSSR count). The number of carbonyl (C=O) groups is 1. The highest BCUT2D eigenvalue weighted by molar-refractivity contribution is 5.78. The van der Waals surface area contributed by atoms with Crippen LogP contribution in [-0.4, -0.2) is 47.6 Å². The lowest BCUT2D eigenvalue weighted by atomic mass is 10.1. The van der Waals surface area contributed by atoms with Crippen molar-refractivity contribution < 1.29 is 9.90 Å². The zero-order chi connectivity index (χ0) is 12.0. The number of hydrogen-bond acceptors (Lipinski definition) is 3. The molecular formula is C10H20N4O2. The summed E-state index contributed by atoms with van der Waals surface area (Å²) in [6, 6.07) is -0.849. The molecule has 6 heteroatoms. The number of hydrogen-bond donors (Lipinski definition) is 3. The monoisotopic (exact) mass is 228 g/mol. The van der Waals surface area contributed by atoms with Crippen molar-refractivity contribution in [2.45, 2.75) is 31.7 Å². The normalized spacial score (nSPS) is 19.6. The molecule has 1 aliphatic rings. The number of carboxylic acid groups (broad SMARTS) is 1. The molecule has 0 aliphatic carbocycles. The van der Waals surface area contributed by atoms with E-state index in [1.165, 1.54) is 6.42 Å². The van der Waals surface area contributed by atoms with E-state index in [4.69, 9.17) is 16.6 Å². The Morgan fingerprint density at radius 1 is 1.38 bits per heavy atom. The van der Waals surface area contributed by atoms with Crippen molar-refractivity contribution >= 4 is 11.9 Å². The molecule has 1 fully saturated rings. The number of guanidine groups is 1. The molecule has 5 N–H and O–H groups in total. The number of nitrogens with two attached hydrogens (primary N) is 2. The van der Waals surface area contributed by atoms with Gasteiger partial charge in [-0.15, -0.1) is 0 Å². The van der Waals surface area contributed by atoms with Crippen LogP contribution in [0.5, 0.6) is 0 Å². The maximum absolute atomic E-state index is 10.5. The van der Waals surface area contributed by atoms with E-state index in [1.54, 1.807) is 0 Å². The van der Waals surface area contributed by atoms with Crippen molar-refractivity contribution in [2.75, 3.05) is 19.6 Å². The van der Waals surface area contributed by atoms with Gasteiger partial charge in [0.2, 0.25) is 0 Å². The standard InChI is InChI=1S/C10H20N4O2/c11-8(9(15)16)4-5-13-10(12)14-6-2-1-3-7-14/h8H,1-7,11H2,(H2,12,13)(H,15,16)/t8-/m0/s1. The highest BCUT2D eigenvalue weighted by atomic mass is 16.4. The Balaban J connectivity index is 2.29. The van der Waals surface area contributed by atoms with Crippen molar-refractivity contribution in [2.24, 2.45) is 16.5 Å². The molecule has 0 saturated carbocycles. The minimum absolute atomic E-state index is 0.323. The highest BCUT2D eigenvalue weighted by Crippen LogP contribution is 2.07. The predicted octanol–water partition coefficient (Wildman–Crippen LogP) is -0.411. The second-order valence-electron chi connectivity index (χ2n) is 4.02. The second-order valence-corrected chi connectivity index (χ2v) is 4.02. The maximum atomic E-state index is 10.5. The highest BCUT2D eigenvalue weighted by Gasteiger charge is 2.13. The van der Waals surface area contributed by atoms with E-state index in [1.807, 2.05) is 4.90 Å². The number of aliphatic imine (C=N–C) groups is 1. The number of likely N-dealkylation sites (tertiary alicyclic amines) is 1. The Kier molecular flexibility index (Phi) is 5.04. The van der Waals surface area contributed by atoms with Gasteiger partial charge in [-0.05, 0) is 25.7 Å². The number of nitrogens with zero attached hydrogens (tertiary/aromatic N) is 2. The average Bonchev–Trinajstić information content (AvgIpc) is 2.29. The van der Waals surface area contributed by atoms with Crippen molar-refractivity contribution in [1.29, 1.82) is 0 Å². The number of rotatable bonds is 4. The van der Waals surface area contributed by atoms with Crippen molar-refractivity contribution in [3.05, 3.63) is 0 Å². The summed E-state index contributed by atoms with van der Waals surface area (Å²) in [5.74, 6) is -0.482. The van der Waals surface area contributed by atoms with Crippen LogP contribution < -0.4 is 11.5 Å². The first-order chi connectivity index (χ1) is 7.61. The van der Waals surface area contributed by atoms with Gasteiger partial charge in [0.25, 0.3) is 0 Å². The van der Waals surface area contributed by atoms with E-state index in [0.717, 1.165) is 25.9 Å². The third-order valence-corrected chi connectivity index (χ3v) is 2.71. The van der Waals surface area contributed by atoms with Crippen LogP contribution >= 0.6 is 0 Å². The van der Waals surface area contributed by atoms with Gasteiger partial charge in [-0.3, -0.25) is 9.79 Å². The molecule has 6 nitrogen and oxygen atoms in total. The third-order valence-electron chi connectivity index (χ3n) is 2.71. The molecule has 0 aromatic rings. The van der Waals surface area contributed by atoms with Crippen LogP contribution in [0.3, 0.4) is 0 Å². The lowest BCUT2D eigenvalue weighted by Crippen LogP contribution is -2.41. The largest absolute Gasteiger partial charge is 0.480 e. The van der Waals surface area contributed by atoms with Crippen molar-refractivity contribution in [1.82, 2.24) is 4.90 Å². The molecule has 0 aromatic carbocycles. The summed E-state index contributed by atoms with van der Waals surface area (Å²) in [5, 5.41) is 8.58. The third kappa shape index (κ3) is 4.06. The quantitative estimate of drug-likeness (QED) is 0.448. The van der Waals surface area contributed by atoms with Gasteiger partial charge < -0.3 is 21.5 Å². The Morgan fingerprint density at radius 2 is 2.00 bits per heavy atom. The van der Waals surface area contributed by atoms with E-state index in [2.05, 4.69) is 4.99 Å². The zero-order valence-corrected chi connectivity index (χ0v) is 9.43. The van der Waals surface area contributed by atoms with Gasteiger partial charge in [0, 0.05) is 19.6 Å². The molecule has 0 amide bonds. The molecule has 1 atom stereocenters. The molecule has 0 spiro atoms. The van der Waals surface area contributed by atoms with Crippen molar-refractivity contribution in [3.63, 3.8) is 0 Å². The average molecular weight is 228 g/mol. The van der Waals surface area contributed by atoms with Crippen LogP contribution in [0.2, 0.25) is 0 Å². The smallest absolute Gasteiger partial charge is 0.320 e. The maximum Gasteiger partial charge on any atom is 0.320 e. The summed E-state index contributed by atoms with van der Waals surface area (Å²) in [7, 11) is 0. The van der Waals surface area contributed by atoms with Gasteiger partial charge in [0.1, 0.15) is 6.04 Å².